The van der Waals surface area contributed by atoms with Crippen LogP contribution in [-0.2, 0) is 49.1 Å². The van der Waals surface area contributed by atoms with Crippen LogP contribution in [0.3, 0.4) is 0 Å². The molecule has 36 heteroatoms. The number of nitrogens with zero attached hydrogens (tertiary/aromatic N) is 11. The number of benzene rings is 2. The zero-order valence-corrected chi connectivity index (χ0v) is 59.8. The predicted molar refractivity (Wildman–Crippen MR) is 370 cm³/mol. The Morgan fingerprint density at radius 1 is 0.600 bits per heavy atom. The first-order valence-corrected chi connectivity index (χ1v) is 36.8. The van der Waals surface area contributed by atoms with E-state index in [9.17, 15) is 64.8 Å². The Bertz CT molecular complexity index is 3880. The number of aromatic nitrogens is 6. The molecule has 6 saturated heterocycles. The number of likely N-dealkylation sites (tertiary alicyclic amines) is 4. The van der Waals surface area contributed by atoms with E-state index in [1.807, 2.05) is 35.0 Å². The highest BCUT2D eigenvalue weighted by atomic mass is 35.7. The molecule has 0 radical (unpaired) electrons. The van der Waals surface area contributed by atoms with Crippen molar-refractivity contribution in [2.24, 2.45) is 0 Å². The van der Waals surface area contributed by atoms with Gasteiger partial charge in [0.15, 0.2) is 12.6 Å². The molecule has 0 aliphatic carbocycles. The molecule has 3 aromatic heterocycles. The lowest BCUT2D eigenvalue weighted by Gasteiger charge is -2.28. The summed E-state index contributed by atoms with van der Waals surface area (Å²) < 4.78 is 49.1. The maximum Gasteiger partial charge on any atom is 0.264 e. The van der Waals surface area contributed by atoms with E-state index >= 15 is 0 Å². The zero-order valence-electron chi connectivity index (χ0n) is 56.6. The van der Waals surface area contributed by atoms with Gasteiger partial charge in [-0.3, -0.25) is 87.0 Å². The van der Waals surface area contributed by atoms with Crippen molar-refractivity contribution < 1.29 is 74.1 Å². The van der Waals surface area contributed by atoms with Crippen molar-refractivity contribution in [3.8, 4) is 0 Å². The number of nitrogens with one attached hydrogen (secondary N) is 4. The predicted octanol–water partition coefficient (Wildman–Crippen LogP) is 2.75. The molecule has 0 saturated carbocycles. The van der Waals surface area contributed by atoms with Crippen LogP contribution < -0.4 is 21.7 Å². The molecule has 8 amide bonds. The van der Waals surface area contributed by atoms with Gasteiger partial charge in [0.2, 0.25) is 32.7 Å². The summed E-state index contributed by atoms with van der Waals surface area (Å²) in [7, 11) is 6.42. The van der Waals surface area contributed by atoms with Crippen LogP contribution in [0.1, 0.15) is 157 Å². The van der Waals surface area contributed by atoms with Gasteiger partial charge in [0, 0.05) is 91.8 Å². The van der Waals surface area contributed by atoms with Crippen LogP contribution in [-0.4, -0.2) is 258 Å². The topological polar surface area (TPSA) is 414 Å². The average molecular weight is 1470 g/mol. The van der Waals surface area contributed by atoms with E-state index < -0.39 is 78.5 Å². The molecule has 13 rings (SSSR count). The summed E-state index contributed by atoms with van der Waals surface area (Å²) in [6.45, 7) is 8.72. The maximum atomic E-state index is 13.2. The second-order valence-corrected chi connectivity index (χ2v) is 29.8. The van der Waals surface area contributed by atoms with E-state index in [2.05, 4.69) is 87.8 Å². The largest absolute Gasteiger partial charge is 0.398 e. The van der Waals surface area contributed by atoms with Gasteiger partial charge in [0.25, 0.3) is 33.7 Å². The number of imide groups is 4. The summed E-state index contributed by atoms with van der Waals surface area (Å²) >= 11 is 0. The molecular weight excluding hydrogens is 1380 g/mol. The van der Waals surface area contributed by atoms with E-state index in [1.54, 1.807) is 30.5 Å². The summed E-state index contributed by atoms with van der Waals surface area (Å²) in [6.07, 6.45) is 22.1. The fourth-order valence-corrected chi connectivity index (χ4v) is 12.5. The van der Waals surface area contributed by atoms with Crippen molar-refractivity contribution in [3.63, 3.8) is 0 Å². The summed E-state index contributed by atoms with van der Waals surface area (Å²) in [4.78, 5) is 129. The SMILES string of the molecule is CN1CCC(O)CC1.CN1CCC(OS(C)(=O)=O)CC1.CN1CCC(n2cc(C=O)cn2)CC1.CN1CCC(n2cc(CNc3cccc4c3C(=O)N(C3CCC(=O)NC3=O)C4=O)cn2)CC1.CS(=O)(=O)Cl.Cl.Nc1cccc2c1C(=O)N(C1CCC(=O)NC1=O)C2=O.O=Cc1cn[nH]c1. The zero-order chi connectivity index (χ0) is 72.3. The van der Waals surface area contributed by atoms with E-state index in [-0.39, 0.29) is 78.2 Å². The van der Waals surface area contributed by atoms with Crippen LogP contribution in [0.4, 0.5) is 11.4 Å². The molecule has 5 aromatic rings. The number of piperidine rings is 6. The molecule has 6 fully saturated rings. The number of hydrogen-bond acceptors (Lipinski definition) is 25. The van der Waals surface area contributed by atoms with Crippen molar-refractivity contribution in [3.05, 3.63) is 113 Å². The molecule has 11 heterocycles. The van der Waals surface area contributed by atoms with Gasteiger partial charge in [0.1, 0.15) is 12.1 Å². The first kappa shape index (κ1) is 80.8. The van der Waals surface area contributed by atoms with Crippen molar-refractivity contribution in [2.45, 2.75) is 120 Å². The molecule has 7 N–H and O–H groups in total. The first-order valence-electron chi connectivity index (χ1n) is 32.3. The Balaban J connectivity index is 0.000000201. The summed E-state index contributed by atoms with van der Waals surface area (Å²) in [5, 5.41) is 31.4. The van der Waals surface area contributed by atoms with Crippen LogP contribution in [0.2, 0.25) is 0 Å². The summed E-state index contributed by atoms with van der Waals surface area (Å²) in [5.41, 5.74) is 9.53. The van der Waals surface area contributed by atoms with Crippen molar-refractivity contribution >= 4 is 113 Å². The minimum absolute atomic E-state index is 0. The molecule has 32 nitrogen and oxygen atoms in total. The minimum Gasteiger partial charge on any atom is -0.398 e. The molecule has 8 aliphatic rings. The molecular formula is C64H88Cl2N16O16S2. The Morgan fingerprint density at radius 3 is 1.46 bits per heavy atom. The monoisotopic (exact) mass is 1470 g/mol. The minimum atomic E-state index is -3.26. The van der Waals surface area contributed by atoms with Crippen LogP contribution in [0.15, 0.2) is 73.6 Å². The summed E-state index contributed by atoms with van der Waals surface area (Å²) in [5.74, 6) is -4.20. The number of fused-ring (bicyclic) bond motifs is 2. The number of halogens is 2. The molecule has 0 spiro atoms. The third kappa shape index (κ3) is 23.7. The van der Waals surface area contributed by atoms with Crippen LogP contribution in [0, 0.1) is 0 Å². The van der Waals surface area contributed by atoms with Crippen molar-refractivity contribution in [2.75, 3.05) is 104 Å². The number of aliphatic hydroxyl groups excluding tert-OH is 1. The van der Waals surface area contributed by atoms with Gasteiger partial charge < -0.3 is 35.8 Å². The Labute approximate surface area is 590 Å². The first-order chi connectivity index (χ1) is 46.9. The number of carbonyl (C=O) groups excluding carboxylic acids is 10. The van der Waals surface area contributed by atoms with Crippen LogP contribution in [0.25, 0.3) is 0 Å². The third-order valence-electron chi connectivity index (χ3n) is 17.3. The lowest BCUT2D eigenvalue weighted by Crippen LogP contribution is -2.54. The van der Waals surface area contributed by atoms with Crippen molar-refractivity contribution in [1.29, 1.82) is 0 Å². The van der Waals surface area contributed by atoms with Crippen molar-refractivity contribution in [1.82, 2.24) is 69.8 Å². The van der Waals surface area contributed by atoms with E-state index in [4.69, 9.17) is 15.0 Å². The molecule has 0 bridgehead atoms. The Morgan fingerprint density at radius 2 is 1.04 bits per heavy atom. The highest BCUT2D eigenvalue weighted by Gasteiger charge is 2.47. The number of aliphatic hydroxyl groups is 1. The number of H-pyrrole nitrogens is 1. The van der Waals surface area contributed by atoms with Gasteiger partial charge in [-0.1, -0.05) is 12.1 Å². The number of amides is 8. The number of rotatable bonds is 11. The molecule has 8 aliphatic heterocycles. The van der Waals surface area contributed by atoms with E-state index in [1.165, 1.54) is 24.5 Å². The molecule has 2 aromatic carbocycles. The number of nitrogen functional groups attached to an aromatic ring is 1. The normalized spacial score (nSPS) is 20.4. The number of aldehydes is 2. The third-order valence-corrected chi connectivity index (χ3v) is 17.9. The smallest absolute Gasteiger partial charge is 0.264 e. The lowest BCUT2D eigenvalue weighted by atomic mass is 10.0. The summed E-state index contributed by atoms with van der Waals surface area (Å²) in [6, 6.07) is 8.57. The molecule has 2 unspecified atom stereocenters. The standard InChI is InChI=1S/C23H26N6O4.C13H11N3O4.C10H15N3O.C7H15NO3S.C6H13NO.C4H4N2O.CH3ClO2S.ClH/c1-27-9-7-15(8-10-27)28-13-14(12-25-28)11-24-17-4-2-3-16-20(17)23(33)29(22(16)32)18-5-6-19(30)26-21(18)31;14-7-3-1-2-6-10(7)13(20)16(12(6)19)8-4-5-9(17)15-11(8)18;1-12-4-2-10(3-5-12)13-7-9(8-14)6-11-13;1-8-5-3-7(4-6-8)11-12(2,9)10;1-7-4-2-6(8)3-5-7;7-3-4-1-5-6-2-4;1-5(2,3)4;/h2-4,12-13,15,18,24H,5-11H2,1H3,(H,26,30,31);1-3,8H,4-5,14H2,(H,15,17,18);6-8,10H,2-5H2,1H3;7H,3-6H2,1-2H3;6,8H,2-5H2,1H3;1-3H,(H,5,6);1H3;1H. The van der Waals surface area contributed by atoms with Gasteiger partial charge in [-0.25, -0.2) is 8.42 Å². The Kier molecular flexibility index (Phi) is 30.3. The molecule has 100 heavy (non-hydrogen) atoms. The number of hydrogen-bond donors (Lipinski definition) is 6. The quantitative estimate of drug-likeness (QED) is 0.0364. The van der Waals surface area contributed by atoms with Gasteiger partial charge in [-0.05, 0) is 143 Å². The number of aromatic amines is 1. The fourth-order valence-electron chi connectivity index (χ4n) is 11.8. The van der Waals surface area contributed by atoms with Gasteiger partial charge >= 0.3 is 0 Å². The fraction of sp³-hybridized carbons (Fsp3) is 0.516. The maximum absolute atomic E-state index is 13.2. The number of anilines is 2. The molecule has 546 valence electrons. The molecule has 2 atom stereocenters. The number of carbonyl (C=O) groups is 10. The second-order valence-electron chi connectivity index (χ2n) is 25.2. The van der Waals surface area contributed by atoms with Gasteiger partial charge in [0.05, 0.1) is 88.8 Å². The highest BCUT2D eigenvalue weighted by molar-refractivity contribution is 8.13. The van der Waals surface area contributed by atoms with E-state index in [0.717, 1.165) is 144 Å². The second kappa shape index (κ2) is 37.5. The Hall–Kier alpha value is -8.19. The number of nitrogens with two attached hydrogens (primary N) is 1. The van der Waals surface area contributed by atoms with Gasteiger partial charge in [-0.15, -0.1) is 12.4 Å². The lowest BCUT2D eigenvalue weighted by molar-refractivity contribution is -0.137. The van der Waals surface area contributed by atoms with Crippen LogP contribution in [0.5, 0.6) is 0 Å². The van der Waals surface area contributed by atoms with Crippen LogP contribution >= 0.6 is 23.1 Å². The average Bonchev–Trinajstić information content (AvgIpc) is 1.61. The highest BCUT2D eigenvalue weighted by Crippen LogP contribution is 2.34. The van der Waals surface area contributed by atoms with E-state index in [0.29, 0.717) is 35.4 Å². The van der Waals surface area contributed by atoms with Gasteiger partial charge in [-0.2, -0.15) is 23.7 Å².